The fourth-order valence-electron chi connectivity index (χ4n) is 3.30. The van der Waals surface area contributed by atoms with Crippen LogP contribution in [0.4, 0.5) is 0 Å². The van der Waals surface area contributed by atoms with Crippen molar-refractivity contribution in [1.82, 2.24) is 10.2 Å². The minimum atomic E-state index is 0.725. The molecule has 1 N–H and O–H groups in total. The zero-order valence-electron chi connectivity index (χ0n) is 14.2. The molecule has 1 aliphatic carbocycles. The lowest BCUT2D eigenvalue weighted by atomic mass is 10.1. The third kappa shape index (κ3) is 5.72. The predicted molar refractivity (Wildman–Crippen MR) is 93.9 cm³/mol. The Morgan fingerprint density at radius 3 is 2.71 bits per heavy atom. The molecule has 0 spiro atoms. The lowest BCUT2D eigenvalue weighted by Crippen LogP contribution is -2.24. The highest BCUT2D eigenvalue weighted by atomic mass is 32.1. The van der Waals surface area contributed by atoms with Crippen LogP contribution in [0, 0.1) is 18.8 Å². The van der Waals surface area contributed by atoms with Crippen LogP contribution in [0.1, 0.15) is 54.8 Å². The molecular weight excluding hydrogens is 276 g/mol. The summed E-state index contributed by atoms with van der Waals surface area (Å²) in [4.78, 5) is 5.50. The van der Waals surface area contributed by atoms with Gasteiger partial charge in [-0.2, -0.15) is 0 Å². The zero-order chi connectivity index (χ0) is 15.2. The Kier molecular flexibility index (Phi) is 6.72. The van der Waals surface area contributed by atoms with Gasteiger partial charge in [0.15, 0.2) is 0 Å². The Hall–Kier alpha value is -0.380. The number of nitrogens with one attached hydrogen (secondary N) is 1. The summed E-state index contributed by atoms with van der Waals surface area (Å²) in [6.07, 6.45) is 5.78. The summed E-state index contributed by atoms with van der Waals surface area (Å²) >= 11 is 1.96. The lowest BCUT2D eigenvalue weighted by Gasteiger charge is -2.20. The van der Waals surface area contributed by atoms with E-state index < -0.39 is 0 Å². The van der Waals surface area contributed by atoms with Gasteiger partial charge in [-0.3, -0.25) is 0 Å². The van der Waals surface area contributed by atoms with E-state index in [0.717, 1.165) is 31.5 Å². The number of hydrogen-bond donors (Lipinski definition) is 1. The van der Waals surface area contributed by atoms with Crippen molar-refractivity contribution >= 4 is 11.3 Å². The average Bonchev–Trinajstić information content (AvgIpc) is 3.00. The van der Waals surface area contributed by atoms with Crippen LogP contribution >= 0.6 is 11.3 Å². The topological polar surface area (TPSA) is 15.3 Å². The quantitative estimate of drug-likeness (QED) is 0.764. The van der Waals surface area contributed by atoms with E-state index in [0.29, 0.717) is 0 Å². The van der Waals surface area contributed by atoms with E-state index >= 15 is 0 Å². The van der Waals surface area contributed by atoms with Gasteiger partial charge in [0, 0.05) is 29.4 Å². The highest BCUT2D eigenvalue weighted by Crippen LogP contribution is 2.27. The molecule has 1 fully saturated rings. The van der Waals surface area contributed by atoms with Crippen LogP contribution in [0.5, 0.6) is 0 Å². The highest BCUT2D eigenvalue weighted by Gasteiger charge is 2.17. The molecule has 0 amide bonds. The lowest BCUT2D eigenvalue weighted by molar-refractivity contribution is 0.271. The van der Waals surface area contributed by atoms with E-state index in [-0.39, 0.29) is 0 Å². The van der Waals surface area contributed by atoms with E-state index in [1.54, 1.807) is 0 Å². The number of thiophene rings is 1. The van der Waals surface area contributed by atoms with E-state index in [1.807, 2.05) is 11.3 Å². The molecular formula is C18H32N2S. The summed E-state index contributed by atoms with van der Waals surface area (Å²) in [6, 6.07) is 2.42. The van der Waals surface area contributed by atoms with Gasteiger partial charge in [-0.1, -0.05) is 26.7 Å². The van der Waals surface area contributed by atoms with E-state index in [4.69, 9.17) is 0 Å². The standard InChI is InChI=1S/C18H32N2S/c1-14(2)10-19-11-18-9-17(15(3)21-18)13-20(4)12-16-7-5-6-8-16/h9,14,16,19H,5-8,10-13H2,1-4H3. The second-order valence-corrected chi connectivity index (χ2v) is 8.51. The zero-order valence-corrected chi connectivity index (χ0v) is 15.1. The van der Waals surface area contributed by atoms with Crippen LogP contribution in [0.15, 0.2) is 6.07 Å². The van der Waals surface area contributed by atoms with Gasteiger partial charge in [-0.15, -0.1) is 11.3 Å². The summed E-state index contributed by atoms with van der Waals surface area (Å²) in [6.45, 7) is 11.3. The van der Waals surface area contributed by atoms with Crippen LogP contribution in [-0.4, -0.2) is 25.0 Å². The number of nitrogens with zero attached hydrogens (tertiary/aromatic N) is 1. The van der Waals surface area contributed by atoms with Crippen LogP contribution < -0.4 is 5.32 Å². The van der Waals surface area contributed by atoms with E-state index in [1.165, 1.54) is 47.5 Å². The van der Waals surface area contributed by atoms with E-state index in [9.17, 15) is 0 Å². The molecule has 2 nitrogen and oxygen atoms in total. The summed E-state index contributed by atoms with van der Waals surface area (Å²) in [5.41, 5.74) is 1.53. The minimum absolute atomic E-state index is 0.725. The Labute approximate surface area is 134 Å². The van der Waals surface area contributed by atoms with Gasteiger partial charge < -0.3 is 10.2 Å². The maximum Gasteiger partial charge on any atom is 0.0300 e. The molecule has 3 heteroatoms. The summed E-state index contributed by atoms with van der Waals surface area (Å²) < 4.78 is 0. The van der Waals surface area contributed by atoms with Gasteiger partial charge in [0.2, 0.25) is 0 Å². The van der Waals surface area contributed by atoms with Crippen molar-refractivity contribution in [2.24, 2.45) is 11.8 Å². The summed E-state index contributed by atoms with van der Waals surface area (Å²) in [5.74, 6) is 1.67. The first-order chi connectivity index (χ1) is 10.0. The van der Waals surface area contributed by atoms with Crippen molar-refractivity contribution in [3.05, 3.63) is 21.4 Å². The molecule has 0 aliphatic heterocycles. The van der Waals surface area contributed by atoms with Gasteiger partial charge in [0.05, 0.1) is 0 Å². The van der Waals surface area contributed by atoms with E-state index in [2.05, 4.69) is 44.1 Å². The SMILES string of the molecule is Cc1sc(CNCC(C)C)cc1CN(C)CC1CCCC1. The molecule has 1 aliphatic rings. The third-order valence-corrected chi connectivity index (χ3v) is 5.50. The van der Waals surface area contributed by atoms with Gasteiger partial charge >= 0.3 is 0 Å². The molecule has 1 heterocycles. The largest absolute Gasteiger partial charge is 0.312 e. The van der Waals surface area contributed by atoms with Crippen molar-refractivity contribution in [2.45, 2.75) is 59.5 Å². The first-order valence-corrected chi connectivity index (χ1v) is 9.33. The van der Waals surface area contributed by atoms with Crippen LogP contribution in [-0.2, 0) is 13.1 Å². The molecule has 1 aromatic heterocycles. The van der Waals surface area contributed by atoms with Crippen molar-refractivity contribution in [3.8, 4) is 0 Å². The molecule has 1 saturated carbocycles. The molecule has 21 heavy (non-hydrogen) atoms. The maximum absolute atomic E-state index is 3.55. The van der Waals surface area contributed by atoms with Crippen molar-refractivity contribution in [2.75, 3.05) is 20.1 Å². The minimum Gasteiger partial charge on any atom is -0.312 e. The molecule has 0 unspecified atom stereocenters. The molecule has 0 saturated heterocycles. The normalized spacial score (nSPS) is 16.5. The Balaban J connectivity index is 1.80. The first-order valence-electron chi connectivity index (χ1n) is 8.52. The van der Waals surface area contributed by atoms with Crippen LogP contribution in [0.2, 0.25) is 0 Å². The number of aryl methyl sites for hydroxylation is 1. The monoisotopic (exact) mass is 308 g/mol. The van der Waals surface area contributed by atoms with Gasteiger partial charge in [-0.25, -0.2) is 0 Å². The van der Waals surface area contributed by atoms with Gasteiger partial charge in [-0.05, 0) is 56.8 Å². The van der Waals surface area contributed by atoms with Gasteiger partial charge in [0.1, 0.15) is 0 Å². The van der Waals surface area contributed by atoms with Crippen LogP contribution in [0.25, 0.3) is 0 Å². The third-order valence-electron chi connectivity index (χ3n) is 4.41. The van der Waals surface area contributed by atoms with Crippen molar-refractivity contribution < 1.29 is 0 Å². The number of hydrogen-bond acceptors (Lipinski definition) is 3. The second kappa shape index (κ2) is 8.30. The molecule has 0 radical (unpaired) electrons. The second-order valence-electron chi connectivity index (χ2n) is 7.17. The van der Waals surface area contributed by atoms with Crippen molar-refractivity contribution in [1.29, 1.82) is 0 Å². The Morgan fingerprint density at radius 2 is 2.05 bits per heavy atom. The highest BCUT2D eigenvalue weighted by molar-refractivity contribution is 7.12. The van der Waals surface area contributed by atoms with Crippen LogP contribution in [0.3, 0.4) is 0 Å². The molecule has 0 bridgehead atoms. The molecule has 2 rings (SSSR count). The first kappa shape index (κ1) is 17.0. The number of rotatable bonds is 8. The Bertz CT molecular complexity index is 419. The molecule has 0 atom stereocenters. The van der Waals surface area contributed by atoms with Gasteiger partial charge in [0.25, 0.3) is 0 Å². The summed E-state index contributed by atoms with van der Waals surface area (Å²) in [7, 11) is 2.28. The molecule has 0 aromatic carbocycles. The molecule has 120 valence electrons. The fourth-order valence-corrected chi connectivity index (χ4v) is 4.33. The van der Waals surface area contributed by atoms with Crippen molar-refractivity contribution in [3.63, 3.8) is 0 Å². The maximum atomic E-state index is 3.55. The molecule has 1 aromatic rings. The average molecular weight is 309 g/mol. The Morgan fingerprint density at radius 1 is 1.33 bits per heavy atom. The fraction of sp³-hybridized carbons (Fsp3) is 0.778. The predicted octanol–water partition coefficient (Wildman–Crippen LogP) is 4.42. The smallest absolute Gasteiger partial charge is 0.0300 e. The summed E-state index contributed by atoms with van der Waals surface area (Å²) in [5, 5.41) is 3.55.